The molecule has 2 aliphatic heterocycles. The van der Waals surface area contributed by atoms with Crippen LogP contribution in [-0.4, -0.2) is 56.0 Å². The van der Waals surface area contributed by atoms with Crippen LogP contribution in [0.4, 0.5) is 5.69 Å². The molecule has 0 amide bonds. The van der Waals surface area contributed by atoms with E-state index in [9.17, 15) is 10.1 Å². The number of fused-ring (bicyclic) bond motifs is 1. The molecule has 126 valence electrons. The molecule has 0 atom stereocenters. The summed E-state index contributed by atoms with van der Waals surface area (Å²) in [7, 11) is 0. The van der Waals surface area contributed by atoms with Crippen molar-refractivity contribution >= 4 is 5.69 Å². The third kappa shape index (κ3) is 4.10. The van der Waals surface area contributed by atoms with Crippen molar-refractivity contribution < 1.29 is 19.1 Å². The monoisotopic (exact) mass is 323 g/mol. The number of nitrogens with zero attached hydrogens (tertiary/aromatic N) is 2. The van der Waals surface area contributed by atoms with Crippen LogP contribution in [0.3, 0.4) is 0 Å². The van der Waals surface area contributed by atoms with Crippen molar-refractivity contribution in [1.29, 1.82) is 0 Å². The van der Waals surface area contributed by atoms with Gasteiger partial charge in [0.15, 0.2) is 11.5 Å². The highest BCUT2D eigenvalue weighted by atomic mass is 16.7. The second kappa shape index (κ2) is 7.58. The van der Waals surface area contributed by atoms with Crippen molar-refractivity contribution in [2.75, 3.05) is 46.2 Å². The maximum Gasteiger partial charge on any atom is 0.277 e. The first-order chi connectivity index (χ1) is 11.2. The Morgan fingerprint density at radius 1 is 1.22 bits per heavy atom. The van der Waals surface area contributed by atoms with Gasteiger partial charge in [0.2, 0.25) is 6.79 Å². The zero-order valence-electron chi connectivity index (χ0n) is 13.0. The van der Waals surface area contributed by atoms with Crippen LogP contribution in [0.25, 0.3) is 0 Å². The van der Waals surface area contributed by atoms with Gasteiger partial charge in [-0.1, -0.05) is 0 Å². The van der Waals surface area contributed by atoms with Crippen LogP contribution < -0.4 is 14.8 Å². The van der Waals surface area contributed by atoms with E-state index in [-0.39, 0.29) is 17.4 Å². The summed E-state index contributed by atoms with van der Waals surface area (Å²) in [5.41, 5.74) is 0.681. The molecule has 0 aromatic heterocycles. The van der Waals surface area contributed by atoms with E-state index in [2.05, 4.69) is 10.2 Å². The molecule has 23 heavy (non-hydrogen) atoms. The number of rotatable bonds is 7. The Kier molecular flexibility index (Phi) is 5.27. The normalized spacial score (nSPS) is 17.4. The number of hydrogen-bond donors (Lipinski definition) is 1. The van der Waals surface area contributed by atoms with Gasteiger partial charge in [0.1, 0.15) is 0 Å². The molecular formula is C15H21N3O5. The molecular weight excluding hydrogens is 302 g/mol. The molecule has 0 spiro atoms. The van der Waals surface area contributed by atoms with E-state index in [0.29, 0.717) is 23.6 Å². The van der Waals surface area contributed by atoms with Gasteiger partial charge in [-0.05, 0) is 25.6 Å². The van der Waals surface area contributed by atoms with Crippen LogP contribution in [0.2, 0.25) is 0 Å². The highest BCUT2D eigenvalue weighted by Gasteiger charge is 2.22. The number of benzene rings is 1. The molecule has 0 saturated carbocycles. The number of nitro benzene ring substituents is 1. The number of nitrogens with one attached hydrogen (secondary N) is 1. The second-order valence-electron chi connectivity index (χ2n) is 5.58. The van der Waals surface area contributed by atoms with E-state index in [1.54, 1.807) is 6.07 Å². The molecule has 0 radical (unpaired) electrons. The Hall–Kier alpha value is -1.90. The lowest BCUT2D eigenvalue weighted by Crippen LogP contribution is -2.37. The number of hydrogen-bond acceptors (Lipinski definition) is 7. The maximum atomic E-state index is 11.2. The zero-order chi connectivity index (χ0) is 16.1. The van der Waals surface area contributed by atoms with E-state index >= 15 is 0 Å². The van der Waals surface area contributed by atoms with Gasteiger partial charge in [-0.3, -0.25) is 15.0 Å². The first kappa shape index (κ1) is 16.0. The summed E-state index contributed by atoms with van der Waals surface area (Å²) in [4.78, 5) is 13.2. The fourth-order valence-electron chi connectivity index (χ4n) is 2.76. The van der Waals surface area contributed by atoms with Crippen molar-refractivity contribution in [2.24, 2.45) is 0 Å². The van der Waals surface area contributed by atoms with Crippen LogP contribution in [0.5, 0.6) is 11.5 Å². The highest BCUT2D eigenvalue weighted by molar-refractivity contribution is 5.55. The van der Waals surface area contributed by atoms with Crippen molar-refractivity contribution in [1.82, 2.24) is 10.2 Å². The third-order valence-corrected chi connectivity index (χ3v) is 4.02. The quantitative estimate of drug-likeness (QED) is 0.457. The predicted molar refractivity (Wildman–Crippen MR) is 82.8 cm³/mol. The summed E-state index contributed by atoms with van der Waals surface area (Å²) < 4.78 is 15.8. The van der Waals surface area contributed by atoms with Crippen LogP contribution in [0, 0.1) is 10.1 Å². The lowest BCUT2D eigenvalue weighted by atomic mass is 10.1. The molecule has 2 heterocycles. The summed E-state index contributed by atoms with van der Waals surface area (Å²) in [6.45, 7) is 5.94. The molecule has 8 heteroatoms. The summed E-state index contributed by atoms with van der Waals surface area (Å²) in [5, 5.41) is 14.4. The van der Waals surface area contributed by atoms with Crippen LogP contribution in [-0.2, 0) is 11.3 Å². The van der Waals surface area contributed by atoms with Crippen LogP contribution in [0.1, 0.15) is 12.0 Å². The molecule has 3 rings (SSSR count). The lowest BCUT2D eigenvalue weighted by Gasteiger charge is -2.26. The van der Waals surface area contributed by atoms with Crippen molar-refractivity contribution in [2.45, 2.75) is 13.0 Å². The average Bonchev–Trinajstić information content (AvgIpc) is 3.02. The van der Waals surface area contributed by atoms with Gasteiger partial charge in [0.25, 0.3) is 5.69 Å². The Morgan fingerprint density at radius 2 is 1.96 bits per heavy atom. The Bertz CT molecular complexity index is 560. The van der Waals surface area contributed by atoms with Crippen LogP contribution in [0.15, 0.2) is 12.1 Å². The van der Waals surface area contributed by atoms with Gasteiger partial charge >= 0.3 is 0 Å². The first-order valence-corrected chi connectivity index (χ1v) is 7.82. The van der Waals surface area contributed by atoms with Crippen molar-refractivity contribution in [3.05, 3.63) is 27.8 Å². The Labute approximate surface area is 134 Å². The van der Waals surface area contributed by atoms with Gasteiger partial charge in [-0.15, -0.1) is 0 Å². The number of ether oxygens (including phenoxy) is 3. The SMILES string of the molecule is O=[N+]([O-])c1cc2c(cc1CNCCCN1CCOCC1)OCO2. The summed E-state index contributed by atoms with van der Waals surface area (Å²) in [6.07, 6.45) is 0.998. The molecule has 0 unspecified atom stereocenters. The summed E-state index contributed by atoms with van der Waals surface area (Å²) >= 11 is 0. The zero-order valence-corrected chi connectivity index (χ0v) is 13.0. The highest BCUT2D eigenvalue weighted by Crippen LogP contribution is 2.37. The van der Waals surface area contributed by atoms with Gasteiger partial charge in [0.05, 0.1) is 24.2 Å². The number of morpholine rings is 1. The molecule has 1 fully saturated rings. The van der Waals surface area contributed by atoms with Crippen molar-refractivity contribution in [3.8, 4) is 11.5 Å². The Balaban J connectivity index is 1.48. The molecule has 0 aliphatic carbocycles. The molecule has 1 N–H and O–H groups in total. The smallest absolute Gasteiger partial charge is 0.277 e. The van der Waals surface area contributed by atoms with E-state index in [1.165, 1.54) is 6.07 Å². The standard InChI is InChI=1S/C15H21N3O5/c19-18(20)13-9-15-14(22-11-23-15)8-12(13)10-16-2-1-3-17-4-6-21-7-5-17/h8-9,16H,1-7,10-11H2. The van der Waals surface area contributed by atoms with Gasteiger partial charge < -0.3 is 19.5 Å². The summed E-state index contributed by atoms with van der Waals surface area (Å²) in [6, 6.07) is 3.13. The van der Waals surface area contributed by atoms with Gasteiger partial charge in [0, 0.05) is 25.2 Å². The predicted octanol–water partition coefficient (Wildman–Crippen LogP) is 1.14. The van der Waals surface area contributed by atoms with Crippen molar-refractivity contribution in [3.63, 3.8) is 0 Å². The topological polar surface area (TPSA) is 86.1 Å². The minimum Gasteiger partial charge on any atom is -0.454 e. The minimum atomic E-state index is -0.382. The largest absolute Gasteiger partial charge is 0.454 e. The molecule has 0 bridgehead atoms. The Morgan fingerprint density at radius 3 is 2.70 bits per heavy atom. The first-order valence-electron chi connectivity index (χ1n) is 7.82. The van der Waals surface area contributed by atoms with Crippen LogP contribution >= 0.6 is 0 Å². The number of nitro groups is 1. The summed E-state index contributed by atoms with van der Waals surface area (Å²) in [5.74, 6) is 1.01. The molecule has 2 aliphatic rings. The second-order valence-corrected chi connectivity index (χ2v) is 5.58. The average molecular weight is 323 g/mol. The molecule has 1 aromatic rings. The van der Waals surface area contributed by atoms with Gasteiger partial charge in [-0.25, -0.2) is 0 Å². The van der Waals surface area contributed by atoms with Gasteiger partial charge in [-0.2, -0.15) is 0 Å². The van der Waals surface area contributed by atoms with E-state index in [4.69, 9.17) is 14.2 Å². The fourth-order valence-corrected chi connectivity index (χ4v) is 2.76. The third-order valence-electron chi connectivity index (χ3n) is 4.02. The fraction of sp³-hybridized carbons (Fsp3) is 0.600. The molecule has 1 saturated heterocycles. The lowest BCUT2D eigenvalue weighted by molar-refractivity contribution is -0.385. The minimum absolute atomic E-state index is 0.0647. The molecule has 1 aromatic carbocycles. The molecule has 8 nitrogen and oxygen atoms in total. The van der Waals surface area contributed by atoms with E-state index < -0.39 is 0 Å². The maximum absolute atomic E-state index is 11.2. The van der Waals surface area contributed by atoms with E-state index in [0.717, 1.165) is 45.8 Å². The van der Waals surface area contributed by atoms with E-state index in [1.807, 2.05) is 0 Å².